The predicted octanol–water partition coefficient (Wildman–Crippen LogP) is 4.96. The van der Waals surface area contributed by atoms with Gasteiger partial charge in [0.2, 0.25) is 0 Å². The molecule has 0 aromatic carbocycles. The van der Waals surface area contributed by atoms with Crippen molar-refractivity contribution < 1.29 is 0 Å². The van der Waals surface area contributed by atoms with Gasteiger partial charge in [-0.05, 0) is 31.4 Å². The monoisotopic (exact) mass is 287 g/mol. The summed E-state index contributed by atoms with van der Waals surface area (Å²) in [6.45, 7) is 4.47. The molecule has 0 saturated carbocycles. The molecule has 1 N–H and O–H groups in total. The van der Waals surface area contributed by atoms with Crippen molar-refractivity contribution in [3.63, 3.8) is 0 Å². The van der Waals surface area contributed by atoms with E-state index in [1.807, 2.05) is 18.2 Å². The number of aryl methyl sites for hydroxylation is 2. The molecule has 0 bridgehead atoms. The normalized spacial score (nSPS) is 10.0. The Bertz CT molecular complexity index is 386. The van der Waals surface area contributed by atoms with Crippen molar-refractivity contribution in [2.24, 2.45) is 0 Å². The lowest BCUT2D eigenvalue weighted by Gasteiger charge is -1.95. The van der Waals surface area contributed by atoms with Crippen molar-refractivity contribution in [2.45, 2.75) is 65.2 Å². The van der Waals surface area contributed by atoms with E-state index in [0.717, 1.165) is 12.8 Å². The average Bonchev–Trinajstić information content (AvgIpc) is 2.98. The summed E-state index contributed by atoms with van der Waals surface area (Å²) in [5, 5.41) is 0. The first-order valence-corrected chi connectivity index (χ1v) is 8.25. The first kappa shape index (κ1) is 17.4. The molecule has 2 aromatic heterocycles. The van der Waals surface area contributed by atoms with E-state index < -0.39 is 0 Å². The summed E-state index contributed by atoms with van der Waals surface area (Å²) in [5.41, 5.74) is 1.25. The van der Waals surface area contributed by atoms with Gasteiger partial charge in [0.1, 0.15) is 5.82 Å². The van der Waals surface area contributed by atoms with Gasteiger partial charge in [0.05, 0.1) is 5.69 Å². The summed E-state index contributed by atoms with van der Waals surface area (Å²) in [7, 11) is 0. The number of hydrogen-bond donors (Lipinski definition) is 1. The summed E-state index contributed by atoms with van der Waals surface area (Å²) in [6.07, 6.45) is 15.6. The zero-order chi connectivity index (χ0) is 15.2. The zero-order valence-corrected chi connectivity index (χ0v) is 13.5. The number of H-pyrrole nitrogens is 1. The molecule has 0 aliphatic carbocycles. The molecule has 0 spiro atoms. The van der Waals surface area contributed by atoms with Gasteiger partial charge >= 0.3 is 0 Å². The van der Waals surface area contributed by atoms with Crippen LogP contribution >= 0.6 is 0 Å². The molecular formula is C18H29N3. The highest BCUT2D eigenvalue weighted by Gasteiger charge is 2.00. The van der Waals surface area contributed by atoms with Crippen molar-refractivity contribution in [1.29, 1.82) is 0 Å². The molecule has 2 aromatic rings. The Kier molecular flexibility index (Phi) is 10.1. The molecular weight excluding hydrogens is 258 g/mol. The second-order valence-electron chi connectivity index (χ2n) is 5.28. The van der Waals surface area contributed by atoms with Crippen molar-refractivity contribution in [1.82, 2.24) is 15.0 Å². The summed E-state index contributed by atoms with van der Waals surface area (Å²) < 4.78 is 0. The van der Waals surface area contributed by atoms with Crippen LogP contribution in [0.25, 0.3) is 0 Å². The van der Waals surface area contributed by atoms with Gasteiger partial charge in [-0.1, -0.05) is 45.6 Å². The van der Waals surface area contributed by atoms with Crippen LogP contribution in [0.5, 0.6) is 0 Å². The highest BCUT2D eigenvalue weighted by molar-refractivity contribution is 5.01. The van der Waals surface area contributed by atoms with E-state index in [1.54, 1.807) is 12.4 Å². The predicted molar refractivity (Wildman–Crippen MR) is 89.3 cm³/mol. The van der Waals surface area contributed by atoms with Crippen molar-refractivity contribution in [3.8, 4) is 0 Å². The van der Waals surface area contributed by atoms with Crippen LogP contribution in [0.3, 0.4) is 0 Å². The van der Waals surface area contributed by atoms with Crippen LogP contribution < -0.4 is 0 Å². The highest BCUT2D eigenvalue weighted by atomic mass is 14.9. The summed E-state index contributed by atoms with van der Waals surface area (Å²) >= 11 is 0. The fraction of sp³-hybridized carbons (Fsp3) is 0.556. The van der Waals surface area contributed by atoms with E-state index in [2.05, 4.69) is 35.0 Å². The van der Waals surface area contributed by atoms with E-state index in [0.29, 0.717) is 0 Å². The number of rotatable bonds is 8. The molecule has 0 atom stereocenters. The Labute approximate surface area is 129 Å². The van der Waals surface area contributed by atoms with Gasteiger partial charge in [-0.3, -0.25) is 4.98 Å². The third-order valence-electron chi connectivity index (χ3n) is 3.30. The molecule has 0 aliphatic heterocycles. The minimum atomic E-state index is 1.11. The van der Waals surface area contributed by atoms with Crippen molar-refractivity contribution in [3.05, 3.63) is 48.3 Å². The Morgan fingerprint density at radius 2 is 1.52 bits per heavy atom. The Hall–Kier alpha value is -1.64. The SMILES string of the molecule is CCCCCc1c[nH]c(CCCCC)n1.c1ccncc1. The number of unbranched alkanes of at least 4 members (excludes halogenated alkanes) is 4. The molecule has 2 rings (SSSR count). The lowest BCUT2D eigenvalue weighted by molar-refractivity contribution is 0.690. The summed E-state index contributed by atoms with van der Waals surface area (Å²) in [5.74, 6) is 1.18. The zero-order valence-electron chi connectivity index (χ0n) is 13.5. The topological polar surface area (TPSA) is 41.6 Å². The molecule has 0 amide bonds. The molecule has 0 saturated heterocycles. The average molecular weight is 287 g/mol. The second-order valence-corrected chi connectivity index (χ2v) is 5.28. The third kappa shape index (κ3) is 9.01. The Morgan fingerprint density at radius 1 is 0.857 bits per heavy atom. The molecule has 0 unspecified atom stereocenters. The largest absolute Gasteiger partial charge is 0.348 e. The molecule has 0 aliphatic rings. The first-order valence-electron chi connectivity index (χ1n) is 8.25. The number of nitrogens with zero attached hydrogens (tertiary/aromatic N) is 2. The van der Waals surface area contributed by atoms with Gasteiger partial charge in [-0.25, -0.2) is 4.98 Å². The second kappa shape index (κ2) is 12.1. The number of aromatic amines is 1. The summed E-state index contributed by atoms with van der Waals surface area (Å²) in [4.78, 5) is 11.7. The van der Waals surface area contributed by atoms with Crippen LogP contribution in [0.15, 0.2) is 36.8 Å². The molecule has 0 fully saturated rings. The maximum Gasteiger partial charge on any atom is 0.106 e. The summed E-state index contributed by atoms with van der Waals surface area (Å²) in [6, 6.07) is 5.72. The van der Waals surface area contributed by atoms with Crippen molar-refractivity contribution in [2.75, 3.05) is 0 Å². The van der Waals surface area contributed by atoms with Crippen LogP contribution in [0.2, 0.25) is 0 Å². The van der Waals surface area contributed by atoms with Gasteiger partial charge in [0.15, 0.2) is 0 Å². The van der Waals surface area contributed by atoms with Crippen LogP contribution in [-0.2, 0) is 12.8 Å². The fourth-order valence-electron chi connectivity index (χ4n) is 2.07. The van der Waals surface area contributed by atoms with E-state index in [9.17, 15) is 0 Å². The van der Waals surface area contributed by atoms with E-state index in [1.165, 1.54) is 50.0 Å². The maximum absolute atomic E-state index is 4.60. The number of nitrogens with one attached hydrogen (secondary N) is 1. The Morgan fingerprint density at radius 3 is 2.05 bits per heavy atom. The van der Waals surface area contributed by atoms with E-state index >= 15 is 0 Å². The molecule has 0 radical (unpaired) electrons. The molecule has 3 nitrogen and oxygen atoms in total. The standard InChI is InChI=1S/C13H24N2.C5H5N/c1-3-5-7-9-12-11-14-13(15-12)10-8-6-4-2;1-2-4-6-5-3-1/h11H,3-10H2,1-2H3,(H,14,15);1-5H. The quantitative estimate of drug-likeness (QED) is 0.697. The fourth-order valence-corrected chi connectivity index (χ4v) is 2.07. The van der Waals surface area contributed by atoms with E-state index in [4.69, 9.17) is 0 Å². The van der Waals surface area contributed by atoms with Gasteiger partial charge in [0.25, 0.3) is 0 Å². The van der Waals surface area contributed by atoms with Crippen LogP contribution in [-0.4, -0.2) is 15.0 Å². The molecule has 3 heteroatoms. The van der Waals surface area contributed by atoms with Gasteiger partial charge in [0, 0.05) is 25.0 Å². The maximum atomic E-state index is 4.60. The Balaban J connectivity index is 0.000000304. The van der Waals surface area contributed by atoms with Gasteiger partial charge in [-0.15, -0.1) is 0 Å². The minimum absolute atomic E-state index is 1.11. The number of hydrogen-bond acceptors (Lipinski definition) is 2. The van der Waals surface area contributed by atoms with Crippen LogP contribution in [0.4, 0.5) is 0 Å². The molecule has 21 heavy (non-hydrogen) atoms. The number of imidazole rings is 1. The minimum Gasteiger partial charge on any atom is -0.348 e. The van der Waals surface area contributed by atoms with Crippen LogP contribution in [0.1, 0.15) is 63.9 Å². The number of aromatic nitrogens is 3. The molecule has 2 heterocycles. The highest BCUT2D eigenvalue weighted by Crippen LogP contribution is 2.07. The smallest absolute Gasteiger partial charge is 0.106 e. The van der Waals surface area contributed by atoms with Crippen molar-refractivity contribution >= 4 is 0 Å². The first-order chi connectivity index (χ1) is 10.4. The van der Waals surface area contributed by atoms with Gasteiger partial charge < -0.3 is 4.98 Å². The van der Waals surface area contributed by atoms with E-state index in [-0.39, 0.29) is 0 Å². The molecule has 116 valence electrons. The van der Waals surface area contributed by atoms with Gasteiger partial charge in [-0.2, -0.15) is 0 Å². The van der Waals surface area contributed by atoms with Crippen LogP contribution in [0, 0.1) is 0 Å². The number of pyridine rings is 1. The third-order valence-corrected chi connectivity index (χ3v) is 3.30. The lowest BCUT2D eigenvalue weighted by atomic mass is 10.2. The lowest BCUT2D eigenvalue weighted by Crippen LogP contribution is -1.90.